The van der Waals surface area contributed by atoms with E-state index in [1.807, 2.05) is 57.2 Å². The first kappa shape index (κ1) is 12.4. The summed E-state index contributed by atoms with van der Waals surface area (Å²) in [4.78, 5) is 15.3. The van der Waals surface area contributed by atoms with E-state index in [1.54, 1.807) is 12.3 Å². The molecule has 0 saturated carbocycles. The Hall–Kier alpha value is -1.70. The molecule has 0 aliphatic carbocycles. The second-order valence-corrected chi connectivity index (χ2v) is 4.60. The number of carbonyl (C=O) groups excluding carboxylic acids is 1. The summed E-state index contributed by atoms with van der Waals surface area (Å²) in [5.41, 5.74) is 0.689. The number of amides is 1. The zero-order valence-electron chi connectivity index (χ0n) is 9.97. The van der Waals surface area contributed by atoms with Crippen molar-refractivity contribution in [2.45, 2.75) is 20.8 Å². The SMILES string of the molecule is CC(C)(C)C(=O)N=C/C=C/c1ccccc1. The van der Waals surface area contributed by atoms with Crippen LogP contribution >= 0.6 is 0 Å². The minimum Gasteiger partial charge on any atom is -0.272 e. The van der Waals surface area contributed by atoms with Gasteiger partial charge in [-0.2, -0.15) is 0 Å². The smallest absolute Gasteiger partial charge is 0.251 e. The van der Waals surface area contributed by atoms with Gasteiger partial charge in [0.1, 0.15) is 0 Å². The molecule has 0 atom stereocenters. The Morgan fingerprint density at radius 1 is 1.19 bits per heavy atom. The van der Waals surface area contributed by atoms with Crippen molar-refractivity contribution in [3.05, 3.63) is 42.0 Å². The third-order valence-corrected chi connectivity index (χ3v) is 2.01. The van der Waals surface area contributed by atoms with Crippen molar-refractivity contribution in [2.75, 3.05) is 0 Å². The molecule has 0 aliphatic rings. The van der Waals surface area contributed by atoms with Gasteiger partial charge in [-0.15, -0.1) is 0 Å². The monoisotopic (exact) mass is 215 g/mol. The summed E-state index contributed by atoms with van der Waals surface area (Å²) in [6.45, 7) is 5.56. The van der Waals surface area contributed by atoms with Gasteiger partial charge in [-0.25, -0.2) is 4.99 Å². The van der Waals surface area contributed by atoms with Gasteiger partial charge in [-0.3, -0.25) is 4.79 Å². The van der Waals surface area contributed by atoms with Crippen molar-refractivity contribution in [3.63, 3.8) is 0 Å². The highest BCUT2D eigenvalue weighted by Gasteiger charge is 2.19. The first-order valence-corrected chi connectivity index (χ1v) is 5.30. The first-order valence-electron chi connectivity index (χ1n) is 5.30. The normalized spacial score (nSPS) is 12.4. The van der Waals surface area contributed by atoms with E-state index >= 15 is 0 Å². The Labute approximate surface area is 96.7 Å². The van der Waals surface area contributed by atoms with E-state index in [0.29, 0.717) is 0 Å². The third kappa shape index (κ3) is 4.22. The molecule has 16 heavy (non-hydrogen) atoms. The van der Waals surface area contributed by atoms with Gasteiger partial charge >= 0.3 is 0 Å². The second-order valence-electron chi connectivity index (χ2n) is 4.60. The van der Waals surface area contributed by atoms with E-state index in [0.717, 1.165) is 5.56 Å². The lowest BCUT2D eigenvalue weighted by atomic mass is 9.96. The number of rotatable bonds is 2. The topological polar surface area (TPSA) is 29.4 Å². The van der Waals surface area contributed by atoms with Crippen LogP contribution in [0.5, 0.6) is 0 Å². The minimum atomic E-state index is -0.406. The molecule has 0 fully saturated rings. The Kier molecular flexibility index (Phi) is 4.18. The molecule has 0 radical (unpaired) electrons. The Morgan fingerprint density at radius 3 is 2.38 bits per heavy atom. The molecule has 84 valence electrons. The van der Waals surface area contributed by atoms with Crippen LogP contribution in [0.2, 0.25) is 0 Å². The minimum absolute atomic E-state index is 0.106. The molecule has 0 aromatic heterocycles. The van der Waals surface area contributed by atoms with Crippen LogP contribution in [-0.4, -0.2) is 12.1 Å². The van der Waals surface area contributed by atoms with Crippen molar-refractivity contribution in [3.8, 4) is 0 Å². The van der Waals surface area contributed by atoms with E-state index in [-0.39, 0.29) is 5.91 Å². The van der Waals surface area contributed by atoms with Crippen LogP contribution in [0.15, 0.2) is 41.4 Å². The van der Waals surface area contributed by atoms with E-state index in [9.17, 15) is 4.79 Å². The third-order valence-electron chi connectivity index (χ3n) is 2.01. The molecular formula is C14H17NO. The standard InChI is InChI=1S/C14H17NO/c1-14(2,3)13(16)15-11-7-10-12-8-5-4-6-9-12/h4-11H,1-3H3/b10-7+,15-11?. The Balaban J connectivity index is 2.56. The van der Waals surface area contributed by atoms with Crippen molar-refractivity contribution >= 4 is 18.2 Å². The summed E-state index contributed by atoms with van der Waals surface area (Å²) in [5, 5.41) is 0. The molecular weight excluding hydrogens is 198 g/mol. The largest absolute Gasteiger partial charge is 0.272 e. The fourth-order valence-corrected chi connectivity index (χ4v) is 1.02. The summed E-state index contributed by atoms with van der Waals surface area (Å²) < 4.78 is 0. The number of carbonyl (C=O) groups is 1. The summed E-state index contributed by atoms with van der Waals surface area (Å²) in [5.74, 6) is -0.106. The quantitative estimate of drug-likeness (QED) is 0.696. The molecule has 1 amide bonds. The van der Waals surface area contributed by atoms with Gasteiger partial charge in [-0.05, 0) is 11.6 Å². The molecule has 2 nitrogen and oxygen atoms in total. The average molecular weight is 215 g/mol. The van der Waals surface area contributed by atoms with Gasteiger partial charge in [0.2, 0.25) is 0 Å². The highest BCUT2D eigenvalue weighted by atomic mass is 16.1. The highest BCUT2D eigenvalue weighted by molar-refractivity contribution is 5.93. The molecule has 0 heterocycles. The maximum atomic E-state index is 11.4. The van der Waals surface area contributed by atoms with Crippen molar-refractivity contribution in [1.82, 2.24) is 0 Å². The number of allylic oxidation sites excluding steroid dienone is 1. The molecule has 1 aromatic carbocycles. The molecule has 0 unspecified atom stereocenters. The highest BCUT2D eigenvalue weighted by Crippen LogP contribution is 2.14. The van der Waals surface area contributed by atoms with Crippen LogP contribution in [0.25, 0.3) is 6.08 Å². The lowest BCUT2D eigenvalue weighted by molar-refractivity contribution is -0.124. The molecule has 1 rings (SSSR count). The zero-order chi connectivity index (χ0) is 12.0. The van der Waals surface area contributed by atoms with Gasteiger partial charge in [0, 0.05) is 11.6 Å². The van der Waals surface area contributed by atoms with Crippen molar-refractivity contribution in [2.24, 2.45) is 10.4 Å². The summed E-state index contributed by atoms with van der Waals surface area (Å²) >= 11 is 0. The lowest BCUT2D eigenvalue weighted by Gasteiger charge is -2.11. The van der Waals surface area contributed by atoms with E-state index in [1.165, 1.54) is 0 Å². The number of hydrogen-bond donors (Lipinski definition) is 0. The predicted molar refractivity (Wildman–Crippen MR) is 68.4 cm³/mol. The van der Waals surface area contributed by atoms with Crippen LogP contribution in [0.1, 0.15) is 26.3 Å². The van der Waals surface area contributed by atoms with Crippen LogP contribution in [0.4, 0.5) is 0 Å². The molecule has 1 aromatic rings. The summed E-state index contributed by atoms with van der Waals surface area (Å²) in [7, 11) is 0. The van der Waals surface area contributed by atoms with E-state index in [2.05, 4.69) is 4.99 Å². The average Bonchev–Trinajstić information content (AvgIpc) is 2.24. The van der Waals surface area contributed by atoms with Crippen LogP contribution < -0.4 is 0 Å². The van der Waals surface area contributed by atoms with Crippen LogP contribution in [0, 0.1) is 5.41 Å². The summed E-state index contributed by atoms with van der Waals surface area (Å²) in [6, 6.07) is 9.90. The van der Waals surface area contributed by atoms with Gasteiger partial charge in [-0.1, -0.05) is 57.2 Å². The maximum Gasteiger partial charge on any atom is 0.251 e. The van der Waals surface area contributed by atoms with Crippen molar-refractivity contribution in [1.29, 1.82) is 0 Å². The molecule has 0 spiro atoms. The fraction of sp³-hybridized carbons (Fsp3) is 0.286. The maximum absolute atomic E-state index is 11.4. The summed E-state index contributed by atoms with van der Waals surface area (Å²) in [6.07, 6.45) is 5.24. The van der Waals surface area contributed by atoms with Crippen molar-refractivity contribution < 1.29 is 4.79 Å². The van der Waals surface area contributed by atoms with Crippen LogP contribution in [-0.2, 0) is 4.79 Å². The Morgan fingerprint density at radius 2 is 1.81 bits per heavy atom. The second kappa shape index (κ2) is 5.40. The fourth-order valence-electron chi connectivity index (χ4n) is 1.02. The van der Waals surface area contributed by atoms with Gasteiger partial charge in [0.25, 0.3) is 5.91 Å². The number of nitrogens with zero attached hydrogens (tertiary/aromatic N) is 1. The Bertz CT molecular complexity index is 396. The predicted octanol–water partition coefficient (Wildman–Crippen LogP) is 3.34. The molecule has 2 heteroatoms. The lowest BCUT2D eigenvalue weighted by Crippen LogP contribution is -2.17. The van der Waals surface area contributed by atoms with Gasteiger partial charge < -0.3 is 0 Å². The molecule has 0 N–H and O–H groups in total. The molecule has 0 aliphatic heterocycles. The van der Waals surface area contributed by atoms with Gasteiger partial charge in [0.15, 0.2) is 0 Å². The molecule has 0 saturated heterocycles. The number of aliphatic imine (C=N–C) groups is 1. The van der Waals surface area contributed by atoms with Crippen LogP contribution in [0.3, 0.4) is 0 Å². The zero-order valence-corrected chi connectivity index (χ0v) is 9.97. The number of hydrogen-bond acceptors (Lipinski definition) is 1. The molecule has 0 bridgehead atoms. The van der Waals surface area contributed by atoms with E-state index in [4.69, 9.17) is 0 Å². The van der Waals surface area contributed by atoms with Gasteiger partial charge in [0.05, 0.1) is 0 Å². The number of benzene rings is 1. The van der Waals surface area contributed by atoms with E-state index < -0.39 is 5.41 Å². The first-order chi connectivity index (χ1) is 7.50.